The van der Waals surface area contributed by atoms with Crippen LogP contribution in [0.25, 0.3) is 0 Å². The van der Waals surface area contributed by atoms with Gasteiger partial charge in [-0.3, -0.25) is 4.79 Å². The van der Waals surface area contributed by atoms with Gasteiger partial charge in [0.15, 0.2) is 4.34 Å². The average Bonchev–Trinajstić information content (AvgIpc) is 3.08. The number of hydrogen-bond acceptors (Lipinski definition) is 7. The van der Waals surface area contributed by atoms with Crippen LogP contribution in [0.3, 0.4) is 0 Å². The molecule has 0 atom stereocenters. The first kappa shape index (κ1) is 21.4. The number of benzene rings is 1. The minimum absolute atomic E-state index is 0.0309. The summed E-state index contributed by atoms with van der Waals surface area (Å²) in [6.45, 7) is 8.22. The number of carbonyl (C=O) groups is 1. The van der Waals surface area contributed by atoms with Crippen molar-refractivity contribution in [1.82, 2.24) is 15.1 Å². The molecule has 2 rings (SSSR count). The molecule has 2 aromatic rings. The number of hydrogen-bond donors (Lipinski definition) is 1. The Morgan fingerprint density at radius 3 is 2.48 bits per heavy atom. The third-order valence-electron chi connectivity index (χ3n) is 3.11. The third-order valence-corrected chi connectivity index (χ3v) is 5.79. The van der Waals surface area contributed by atoms with Gasteiger partial charge in [-0.1, -0.05) is 47.0 Å². The first-order valence-electron chi connectivity index (χ1n) is 7.79. The van der Waals surface area contributed by atoms with Crippen molar-refractivity contribution in [3.05, 3.63) is 49.6 Å². The van der Waals surface area contributed by atoms with E-state index in [2.05, 4.69) is 28.7 Å². The lowest BCUT2D eigenvalue weighted by Gasteiger charge is -2.18. The minimum Gasteiger partial charge on any atom is -0.335 e. The average molecular weight is 429 g/mol. The van der Waals surface area contributed by atoms with Crippen LogP contribution in [0.1, 0.15) is 0 Å². The zero-order chi connectivity index (χ0) is 19.6. The summed E-state index contributed by atoms with van der Waals surface area (Å²) in [4.78, 5) is 14.3. The molecule has 0 aliphatic carbocycles. The van der Waals surface area contributed by atoms with Crippen LogP contribution in [0.2, 0.25) is 0 Å². The zero-order valence-corrected chi connectivity index (χ0v) is 16.8. The molecule has 144 valence electrons. The lowest BCUT2D eigenvalue weighted by atomic mass is 10.3. The van der Waals surface area contributed by atoms with Crippen molar-refractivity contribution in [2.75, 3.05) is 24.2 Å². The Labute approximate surface area is 168 Å². The molecule has 0 unspecified atom stereocenters. The smallest absolute Gasteiger partial charge is 0.288 e. The second kappa shape index (κ2) is 11.1. The molecule has 0 saturated carbocycles. The Bertz CT molecular complexity index is 758. The fourth-order valence-electron chi connectivity index (χ4n) is 1.97. The molecular weight excluding hydrogens is 410 g/mol. The van der Waals surface area contributed by atoms with Crippen molar-refractivity contribution in [2.24, 2.45) is 0 Å². The zero-order valence-electron chi connectivity index (χ0n) is 14.3. The molecule has 1 N–H and O–H groups in total. The molecule has 0 bridgehead atoms. The second-order valence-corrected chi connectivity index (χ2v) is 8.33. The predicted molar refractivity (Wildman–Crippen MR) is 109 cm³/mol. The number of halogens is 2. The maximum absolute atomic E-state index is 12.3. The summed E-state index contributed by atoms with van der Waals surface area (Å²) in [6.07, 6.45) is 3.34. The van der Waals surface area contributed by atoms with E-state index in [0.29, 0.717) is 39.2 Å². The van der Waals surface area contributed by atoms with E-state index in [-0.39, 0.29) is 11.7 Å². The summed E-state index contributed by atoms with van der Waals surface area (Å²) in [5, 5.41) is 11.7. The van der Waals surface area contributed by atoms with E-state index >= 15 is 0 Å². The van der Waals surface area contributed by atoms with Crippen molar-refractivity contribution >= 4 is 51.6 Å². The largest absolute Gasteiger partial charge is 0.335 e. The highest BCUT2D eigenvalue weighted by atomic mass is 32.2. The molecule has 0 saturated heterocycles. The Kier molecular flexibility index (Phi) is 8.76. The molecule has 0 fully saturated rings. The highest BCUT2D eigenvalue weighted by molar-refractivity contribution is 8.01. The van der Waals surface area contributed by atoms with Crippen LogP contribution in [0.4, 0.5) is 19.6 Å². The highest BCUT2D eigenvalue weighted by Crippen LogP contribution is 2.30. The normalized spacial score (nSPS) is 10.6. The maximum atomic E-state index is 12.3. The van der Waals surface area contributed by atoms with Crippen molar-refractivity contribution in [3.8, 4) is 0 Å². The Morgan fingerprint density at radius 2 is 1.89 bits per heavy atom. The van der Waals surface area contributed by atoms with Crippen LogP contribution in [-0.2, 0) is 4.79 Å². The van der Waals surface area contributed by atoms with Gasteiger partial charge in [-0.2, -0.15) is 8.78 Å². The highest BCUT2D eigenvalue weighted by Gasteiger charge is 2.13. The van der Waals surface area contributed by atoms with Gasteiger partial charge in [-0.15, -0.1) is 23.4 Å². The number of nitrogens with one attached hydrogen (secondary N) is 1. The van der Waals surface area contributed by atoms with Crippen molar-refractivity contribution < 1.29 is 13.6 Å². The maximum Gasteiger partial charge on any atom is 0.288 e. The van der Waals surface area contributed by atoms with Gasteiger partial charge < -0.3 is 10.2 Å². The van der Waals surface area contributed by atoms with E-state index in [1.165, 1.54) is 23.1 Å². The molecule has 0 aliphatic rings. The topological polar surface area (TPSA) is 58.1 Å². The molecule has 5 nitrogen and oxygen atoms in total. The van der Waals surface area contributed by atoms with Gasteiger partial charge >= 0.3 is 0 Å². The van der Waals surface area contributed by atoms with Crippen LogP contribution in [0, 0.1) is 0 Å². The predicted octanol–water partition coefficient (Wildman–Crippen LogP) is 4.89. The number of thioether (sulfide) groups is 2. The van der Waals surface area contributed by atoms with Crippen LogP contribution in [-0.4, -0.2) is 45.6 Å². The van der Waals surface area contributed by atoms with Crippen molar-refractivity contribution in [2.45, 2.75) is 15.0 Å². The number of alkyl halides is 2. The number of carbonyl (C=O) groups excluding carboxylic acids is 1. The van der Waals surface area contributed by atoms with Gasteiger partial charge in [0.2, 0.25) is 11.0 Å². The molecule has 0 spiro atoms. The molecule has 27 heavy (non-hydrogen) atoms. The summed E-state index contributed by atoms with van der Waals surface area (Å²) < 4.78 is 25.3. The fraction of sp³-hybridized carbons (Fsp3) is 0.235. The van der Waals surface area contributed by atoms with E-state index in [4.69, 9.17) is 0 Å². The second-order valence-electron chi connectivity index (χ2n) is 5.07. The molecule has 1 aromatic carbocycles. The molecular formula is C17H18F2N4OS3. The molecule has 10 heteroatoms. The Hall–Kier alpha value is -1.91. The molecule has 0 aliphatic heterocycles. The number of rotatable bonds is 11. The van der Waals surface area contributed by atoms with E-state index in [1.54, 1.807) is 41.3 Å². The van der Waals surface area contributed by atoms with Crippen molar-refractivity contribution in [3.63, 3.8) is 0 Å². The van der Waals surface area contributed by atoms with Gasteiger partial charge in [0, 0.05) is 23.7 Å². The monoisotopic (exact) mass is 428 g/mol. The van der Waals surface area contributed by atoms with Gasteiger partial charge in [0.25, 0.3) is 5.76 Å². The van der Waals surface area contributed by atoms with E-state index in [9.17, 15) is 13.6 Å². The summed E-state index contributed by atoms with van der Waals surface area (Å²) in [6, 6.07) is 6.63. The molecule has 0 radical (unpaired) electrons. The first-order chi connectivity index (χ1) is 13.0. The van der Waals surface area contributed by atoms with Gasteiger partial charge in [-0.25, -0.2) is 0 Å². The van der Waals surface area contributed by atoms with Crippen LogP contribution >= 0.6 is 34.9 Å². The summed E-state index contributed by atoms with van der Waals surface area (Å²) >= 11 is 3.12. The lowest BCUT2D eigenvalue weighted by molar-refractivity contribution is -0.127. The standard InChI is InChI=1S/C17H18F2N4OS3/c1-3-9-23(10-4-2)14(24)11-25-17-22-21-16(27-17)20-12-5-7-13(8-6-12)26-15(18)19/h3-8,15H,1-2,9-11H2,(H,20,21). The molecule has 1 amide bonds. The van der Waals surface area contributed by atoms with E-state index < -0.39 is 5.76 Å². The Balaban J connectivity index is 1.88. The van der Waals surface area contributed by atoms with Gasteiger partial charge in [0.05, 0.1) is 5.75 Å². The minimum atomic E-state index is -2.44. The first-order valence-corrected chi connectivity index (χ1v) is 10.5. The van der Waals surface area contributed by atoms with Gasteiger partial charge in [0.1, 0.15) is 0 Å². The summed E-state index contributed by atoms with van der Waals surface area (Å²) in [5.74, 6) is -2.23. The number of amides is 1. The van der Waals surface area contributed by atoms with E-state index in [1.807, 2.05) is 0 Å². The molecule has 1 heterocycles. The summed E-state index contributed by atoms with van der Waals surface area (Å²) in [7, 11) is 0. The van der Waals surface area contributed by atoms with Gasteiger partial charge in [-0.05, 0) is 24.3 Å². The third kappa shape index (κ3) is 7.31. The van der Waals surface area contributed by atoms with E-state index in [0.717, 1.165) is 5.69 Å². The van der Waals surface area contributed by atoms with Crippen LogP contribution in [0.15, 0.2) is 58.8 Å². The lowest BCUT2D eigenvalue weighted by Crippen LogP contribution is -2.32. The van der Waals surface area contributed by atoms with Crippen LogP contribution < -0.4 is 5.32 Å². The quantitative estimate of drug-likeness (QED) is 0.406. The number of aromatic nitrogens is 2. The summed E-state index contributed by atoms with van der Waals surface area (Å²) in [5.41, 5.74) is 0.723. The fourth-order valence-corrected chi connectivity index (χ4v) is 4.14. The van der Waals surface area contributed by atoms with Crippen LogP contribution in [0.5, 0.6) is 0 Å². The number of nitrogens with zero attached hydrogens (tertiary/aromatic N) is 3. The Morgan fingerprint density at radius 1 is 1.22 bits per heavy atom. The number of anilines is 2. The van der Waals surface area contributed by atoms with Crippen molar-refractivity contribution in [1.29, 1.82) is 0 Å². The molecule has 1 aromatic heterocycles. The SMILES string of the molecule is C=CCN(CC=C)C(=O)CSc1nnc(Nc2ccc(SC(F)F)cc2)s1.